The Hall–Kier alpha value is -2.59. The molecule has 1 unspecified atom stereocenters. The summed E-state index contributed by atoms with van der Waals surface area (Å²) in [7, 11) is -3.66. The summed E-state index contributed by atoms with van der Waals surface area (Å²) in [5.41, 5.74) is 0.951. The van der Waals surface area contributed by atoms with Gasteiger partial charge in [0.15, 0.2) is 11.6 Å². The smallest absolute Gasteiger partial charge is 0.276 e. The van der Waals surface area contributed by atoms with Gasteiger partial charge in [0.1, 0.15) is 16.3 Å². The first kappa shape index (κ1) is 16.9. The van der Waals surface area contributed by atoms with Crippen LogP contribution in [0.4, 0.5) is 0 Å². The molecule has 3 aromatic rings. The predicted molar refractivity (Wildman–Crippen MR) is 89.6 cm³/mol. The summed E-state index contributed by atoms with van der Waals surface area (Å²) in [5.74, 6) is 0.976. The third-order valence-electron chi connectivity index (χ3n) is 4.41. The molecule has 0 bridgehead atoms. The molecule has 0 aromatic carbocycles. The number of hydrogen-bond donors (Lipinski definition) is 0. The minimum absolute atomic E-state index is 0.133. The number of hydrogen-bond acceptors (Lipinski definition) is 8. The highest BCUT2D eigenvalue weighted by Gasteiger charge is 2.38. The van der Waals surface area contributed by atoms with Crippen LogP contribution >= 0.6 is 0 Å². The van der Waals surface area contributed by atoms with E-state index in [1.165, 1.54) is 4.31 Å². The third kappa shape index (κ3) is 2.80. The van der Waals surface area contributed by atoms with E-state index in [1.807, 2.05) is 6.07 Å². The number of aromatic nitrogens is 4. The first-order chi connectivity index (χ1) is 12.5. The molecule has 9 nitrogen and oxygen atoms in total. The molecule has 0 N–H and O–H groups in total. The van der Waals surface area contributed by atoms with Gasteiger partial charge in [-0.1, -0.05) is 16.4 Å². The molecule has 136 valence electrons. The van der Waals surface area contributed by atoms with Crippen molar-refractivity contribution in [2.75, 3.05) is 13.1 Å². The molecule has 1 saturated heterocycles. The van der Waals surface area contributed by atoms with Gasteiger partial charge in [0.25, 0.3) is 5.89 Å². The van der Waals surface area contributed by atoms with Gasteiger partial charge in [0.2, 0.25) is 10.0 Å². The Balaban J connectivity index is 1.55. The molecule has 4 rings (SSSR count). The van der Waals surface area contributed by atoms with E-state index in [-0.39, 0.29) is 17.4 Å². The summed E-state index contributed by atoms with van der Waals surface area (Å²) in [4.78, 5) is 8.70. The Morgan fingerprint density at radius 1 is 1.19 bits per heavy atom. The van der Waals surface area contributed by atoms with Crippen LogP contribution in [0.5, 0.6) is 0 Å². The van der Waals surface area contributed by atoms with Crippen molar-refractivity contribution in [3.8, 4) is 11.6 Å². The molecule has 0 radical (unpaired) electrons. The zero-order valence-corrected chi connectivity index (χ0v) is 15.1. The van der Waals surface area contributed by atoms with Crippen LogP contribution in [0.15, 0.2) is 38.3 Å². The molecule has 0 saturated carbocycles. The third-order valence-corrected chi connectivity index (χ3v) is 6.52. The molecule has 1 atom stereocenters. The summed E-state index contributed by atoms with van der Waals surface area (Å²) < 4.78 is 37.5. The number of rotatable bonds is 4. The highest BCUT2D eigenvalue weighted by atomic mass is 32.2. The molecule has 26 heavy (non-hydrogen) atoms. The van der Waals surface area contributed by atoms with Crippen LogP contribution in [-0.2, 0) is 10.0 Å². The molecule has 1 aliphatic rings. The van der Waals surface area contributed by atoms with E-state index in [4.69, 9.17) is 9.05 Å². The summed E-state index contributed by atoms with van der Waals surface area (Å²) in [6.07, 6.45) is 2.26. The first-order valence-electron chi connectivity index (χ1n) is 8.15. The average molecular weight is 375 g/mol. The van der Waals surface area contributed by atoms with E-state index in [0.29, 0.717) is 41.8 Å². The standard InChI is InChI=1S/C16H17N5O4S/c1-10-14(11(2)24-19-10)26(22,23)21-8-6-12(9-21)15-18-16(25-20-15)13-5-3-4-7-17-13/h3-5,7,12H,6,8-9H2,1-2H3. The van der Waals surface area contributed by atoms with Crippen molar-refractivity contribution in [2.45, 2.75) is 31.1 Å². The van der Waals surface area contributed by atoms with Crippen molar-refractivity contribution in [2.24, 2.45) is 0 Å². The first-order valence-corrected chi connectivity index (χ1v) is 9.59. The molecule has 3 aromatic heterocycles. The second-order valence-corrected chi connectivity index (χ2v) is 8.05. The number of sulfonamides is 1. The molecule has 0 aliphatic carbocycles. The number of aryl methyl sites for hydroxylation is 2. The lowest BCUT2D eigenvalue weighted by atomic mass is 10.1. The van der Waals surface area contributed by atoms with Crippen LogP contribution < -0.4 is 0 Å². The number of pyridine rings is 1. The Bertz CT molecular complexity index is 1010. The summed E-state index contributed by atoms with van der Waals surface area (Å²) >= 11 is 0. The van der Waals surface area contributed by atoms with Gasteiger partial charge in [-0.2, -0.15) is 9.29 Å². The molecule has 0 amide bonds. The lowest BCUT2D eigenvalue weighted by Crippen LogP contribution is -2.29. The fourth-order valence-corrected chi connectivity index (χ4v) is 4.91. The lowest BCUT2D eigenvalue weighted by Gasteiger charge is -2.15. The minimum atomic E-state index is -3.66. The second kappa shape index (κ2) is 6.29. The maximum atomic E-state index is 12.9. The molecule has 1 fully saturated rings. The molecular formula is C16H17N5O4S. The fourth-order valence-electron chi connectivity index (χ4n) is 3.12. The summed E-state index contributed by atoms with van der Waals surface area (Å²) in [6.45, 7) is 3.88. The zero-order chi connectivity index (χ0) is 18.3. The van der Waals surface area contributed by atoms with Crippen LogP contribution in [0, 0.1) is 13.8 Å². The van der Waals surface area contributed by atoms with Gasteiger partial charge in [-0.3, -0.25) is 4.98 Å². The van der Waals surface area contributed by atoms with Gasteiger partial charge < -0.3 is 9.05 Å². The van der Waals surface area contributed by atoms with E-state index in [9.17, 15) is 8.42 Å². The normalized spacial score (nSPS) is 18.5. The monoisotopic (exact) mass is 375 g/mol. The zero-order valence-electron chi connectivity index (χ0n) is 14.3. The predicted octanol–water partition coefficient (Wildman–Crippen LogP) is 1.91. The van der Waals surface area contributed by atoms with E-state index in [2.05, 4.69) is 20.3 Å². The fraction of sp³-hybridized carbons (Fsp3) is 0.375. The van der Waals surface area contributed by atoms with E-state index < -0.39 is 10.0 Å². The Morgan fingerprint density at radius 3 is 2.73 bits per heavy atom. The van der Waals surface area contributed by atoms with Crippen molar-refractivity contribution in [1.82, 2.24) is 24.6 Å². The lowest BCUT2D eigenvalue weighted by molar-refractivity contribution is 0.389. The van der Waals surface area contributed by atoms with Crippen LogP contribution in [-0.4, -0.2) is 46.1 Å². The molecule has 4 heterocycles. The molecule has 1 aliphatic heterocycles. The molecule has 10 heteroatoms. The van der Waals surface area contributed by atoms with Gasteiger partial charge >= 0.3 is 0 Å². The molecule has 0 spiro atoms. The van der Waals surface area contributed by atoms with Crippen molar-refractivity contribution >= 4 is 10.0 Å². The maximum Gasteiger partial charge on any atom is 0.276 e. The number of nitrogens with zero attached hydrogens (tertiary/aromatic N) is 5. The Morgan fingerprint density at radius 2 is 2.04 bits per heavy atom. The van der Waals surface area contributed by atoms with Gasteiger partial charge in [-0.05, 0) is 32.4 Å². The highest BCUT2D eigenvalue weighted by molar-refractivity contribution is 7.89. The van der Waals surface area contributed by atoms with Crippen molar-refractivity contribution in [3.05, 3.63) is 41.7 Å². The highest BCUT2D eigenvalue weighted by Crippen LogP contribution is 2.32. The van der Waals surface area contributed by atoms with Crippen LogP contribution in [0.2, 0.25) is 0 Å². The van der Waals surface area contributed by atoms with Crippen molar-refractivity contribution in [1.29, 1.82) is 0 Å². The average Bonchev–Trinajstić information content (AvgIpc) is 3.35. The van der Waals surface area contributed by atoms with Crippen LogP contribution in [0.3, 0.4) is 0 Å². The van der Waals surface area contributed by atoms with Gasteiger partial charge in [0.05, 0.1) is 0 Å². The molecular weight excluding hydrogens is 358 g/mol. The summed E-state index contributed by atoms with van der Waals surface area (Å²) in [6, 6.07) is 5.41. The minimum Gasteiger partial charge on any atom is -0.360 e. The van der Waals surface area contributed by atoms with Gasteiger partial charge in [0, 0.05) is 25.2 Å². The van der Waals surface area contributed by atoms with Crippen LogP contribution in [0.1, 0.15) is 29.6 Å². The van der Waals surface area contributed by atoms with Gasteiger partial charge in [-0.15, -0.1) is 0 Å². The second-order valence-electron chi connectivity index (χ2n) is 6.17. The van der Waals surface area contributed by atoms with E-state index in [1.54, 1.807) is 32.2 Å². The van der Waals surface area contributed by atoms with E-state index >= 15 is 0 Å². The maximum absolute atomic E-state index is 12.9. The largest absolute Gasteiger partial charge is 0.360 e. The van der Waals surface area contributed by atoms with E-state index in [0.717, 1.165) is 0 Å². The van der Waals surface area contributed by atoms with Gasteiger partial charge in [-0.25, -0.2) is 8.42 Å². The van der Waals surface area contributed by atoms with Crippen molar-refractivity contribution < 1.29 is 17.5 Å². The Labute approximate surface area is 150 Å². The topological polar surface area (TPSA) is 115 Å². The van der Waals surface area contributed by atoms with Crippen LogP contribution in [0.25, 0.3) is 11.6 Å². The Kier molecular flexibility index (Phi) is 4.08. The van der Waals surface area contributed by atoms with Crippen molar-refractivity contribution in [3.63, 3.8) is 0 Å². The summed E-state index contributed by atoms with van der Waals surface area (Å²) in [5, 5.41) is 7.75. The quantitative estimate of drug-likeness (QED) is 0.679. The SMILES string of the molecule is Cc1noc(C)c1S(=O)(=O)N1CCC(c2noc(-c3ccccn3)n2)C1.